The lowest BCUT2D eigenvalue weighted by Crippen LogP contribution is -2.21. The number of aliphatic hydroxyl groups excluding tert-OH is 2. The molecule has 1 unspecified atom stereocenters. The summed E-state index contributed by atoms with van der Waals surface area (Å²) in [6, 6.07) is 0. The quantitative estimate of drug-likeness (QED) is 0.244. The fraction of sp³-hybridized carbons (Fsp3) is 0.667. The molecule has 0 aliphatic rings. The number of unbranched alkanes of at least 4 members (excludes halogenated alkanes) is 7. The summed E-state index contributed by atoms with van der Waals surface area (Å²) in [4.78, 5) is 11.4. The van der Waals surface area contributed by atoms with Gasteiger partial charge in [0.15, 0.2) is 0 Å². The Kier molecular flexibility index (Phi) is 17.9. The number of rotatable bonds is 16. The van der Waals surface area contributed by atoms with Crippen LogP contribution in [0.3, 0.4) is 0 Å². The molecule has 0 spiro atoms. The molecule has 0 aromatic rings. The van der Waals surface area contributed by atoms with E-state index in [9.17, 15) is 4.79 Å². The maximum absolute atomic E-state index is 11.4. The molecule has 0 radical (unpaired) electrons. The number of allylic oxidation sites excluding steroid dienone is 6. The van der Waals surface area contributed by atoms with E-state index < -0.39 is 6.10 Å². The summed E-state index contributed by atoms with van der Waals surface area (Å²) in [5.41, 5.74) is 0. The van der Waals surface area contributed by atoms with Gasteiger partial charge in [0.25, 0.3) is 0 Å². The Labute approximate surface area is 153 Å². The van der Waals surface area contributed by atoms with Gasteiger partial charge < -0.3 is 14.9 Å². The number of esters is 1. The Hall–Kier alpha value is -1.39. The topological polar surface area (TPSA) is 66.8 Å². The third kappa shape index (κ3) is 18.8. The van der Waals surface area contributed by atoms with Crippen molar-refractivity contribution in [1.29, 1.82) is 0 Å². The van der Waals surface area contributed by atoms with Crippen LogP contribution in [0.25, 0.3) is 0 Å². The molecule has 0 fully saturated rings. The predicted molar refractivity (Wildman–Crippen MR) is 103 cm³/mol. The zero-order valence-electron chi connectivity index (χ0n) is 15.7. The van der Waals surface area contributed by atoms with E-state index in [1.807, 2.05) is 0 Å². The van der Waals surface area contributed by atoms with Gasteiger partial charge in [-0.15, -0.1) is 0 Å². The van der Waals surface area contributed by atoms with E-state index in [-0.39, 0.29) is 19.2 Å². The van der Waals surface area contributed by atoms with Crippen molar-refractivity contribution in [3.63, 3.8) is 0 Å². The second kappa shape index (κ2) is 18.9. The number of hydrogen-bond donors (Lipinski definition) is 2. The lowest BCUT2D eigenvalue weighted by molar-refractivity contribution is -0.147. The summed E-state index contributed by atoms with van der Waals surface area (Å²) >= 11 is 0. The molecule has 0 bridgehead atoms. The highest BCUT2D eigenvalue weighted by Gasteiger charge is 2.07. The molecule has 4 heteroatoms. The fourth-order valence-corrected chi connectivity index (χ4v) is 2.19. The molecule has 2 N–H and O–H groups in total. The Morgan fingerprint density at radius 3 is 2.12 bits per heavy atom. The number of aliphatic hydroxyl groups is 2. The van der Waals surface area contributed by atoms with Crippen molar-refractivity contribution in [2.75, 3.05) is 13.2 Å². The van der Waals surface area contributed by atoms with E-state index >= 15 is 0 Å². The van der Waals surface area contributed by atoms with Crippen LogP contribution in [0.15, 0.2) is 36.5 Å². The first-order valence-corrected chi connectivity index (χ1v) is 9.63. The molecular weight excluding hydrogens is 316 g/mol. The van der Waals surface area contributed by atoms with Crippen molar-refractivity contribution >= 4 is 5.97 Å². The smallest absolute Gasteiger partial charge is 0.305 e. The minimum atomic E-state index is -0.971. The van der Waals surface area contributed by atoms with Crippen LogP contribution in [-0.2, 0) is 9.53 Å². The molecule has 0 aliphatic carbocycles. The van der Waals surface area contributed by atoms with Gasteiger partial charge >= 0.3 is 5.97 Å². The lowest BCUT2D eigenvalue weighted by Gasteiger charge is -2.08. The van der Waals surface area contributed by atoms with E-state index in [0.717, 1.165) is 38.5 Å². The number of carbonyl (C=O) groups excluding carboxylic acids is 1. The minimum absolute atomic E-state index is 0.123. The van der Waals surface area contributed by atoms with Crippen molar-refractivity contribution in [3.05, 3.63) is 36.5 Å². The average molecular weight is 353 g/mol. The standard InChI is InChI=1S/C21H36O4/c1-2-3-4-5-6-7-8-9-10-11-12-13-14-15-16-17-21(24)25-19-20(23)18-22/h6-11,20,22-23H,2-5,12-19H2,1H3/b7-6-,9-8+,11-10+. The van der Waals surface area contributed by atoms with E-state index in [1.165, 1.54) is 19.3 Å². The monoisotopic (exact) mass is 352 g/mol. The van der Waals surface area contributed by atoms with Gasteiger partial charge in [-0.3, -0.25) is 4.79 Å². The second-order valence-corrected chi connectivity index (χ2v) is 6.21. The molecule has 0 saturated carbocycles. The third-order valence-corrected chi connectivity index (χ3v) is 3.73. The van der Waals surface area contributed by atoms with Crippen molar-refractivity contribution in [2.45, 2.75) is 77.2 Å². The summed E-state index contributed by atoms with van der Waals surface area (Å²) in [6.45, 7) is 1.71. The van der Waals surface area contributed by atoms with E-state index in [2.05, 4.69) is 43.4 Å². The van der Waals surface area contributed by atoms with Gasteiger partial charge in [-0.1, -0.05) is 69.1 Å². The van der Waals surface area contributed by atoms with Crippen molar-refractivity contribution < 1.29 is 19.7 Å². The molecule has 0 rings (SSSR count). The fourth-order valence-electron chi connectivity index (χ4n) is 2.19. The highest BCUT2D eigenvalue weighted by Crippen LogP contribution is 2.07. The Morgan fingerprint density at radius 1 is 0.920 bits per heavy atom. The molecule has 0 amide bonds. The van der Waals surface area contributed by atoms with Crippen molar-refractivity contribution in [2.24, 2.45) is 0 Å². The number of ether oxygens (including phenoxy) is 1. The van der Waals surface area contributed by atoms with Crippen LogP contribution in [0.4, 0.5) is 0 Å². The van der Waals surface area contributed by atoms with Gasteiger partial charge in [0.1, 0.15) is 12.7 Å². The van der Waals surface area contributed by atoms with E-state index in [1.54, 1.807) is 0 Å². The van der Waals surface area contributed by atoms with Crippen LogP contribution in [0.5, 0.6) is 0 Å². The molecule has 1 atom stereocenters. The summed E-state index contributed by atoms with van der Waals surface area (Å²) < 4.78 is 4.84. The van der Waals surface area contributed by atoms with Crippen LogP contribution >= 0.6 is 0 Å². The minimum Gasteiger partial charge on any atom is -0.463 e. The first kappa shape index (κ1) is 23.6. The molecular formula is C21H36O4. The number of hydrogen-bond acceptors (Lipinski definition) is 4. The molecule has 144 valence electrons. The largest absolute Gasteiger partial charge is 0.463 e. The Morgan fingerprint density at radius 2 is 1.52 bits per heavy atom. The molecule has 0 aliphatic heterocycles. The average Bonchev–Trinajstić information content (AvgIpc) is 2.62. The first-order chi connectivity index (χ1) is 12.2. The van der Waals surface area contributed by atoms with Crippen LogP contribution in [0.2, 0.25) is 0 Å². The third-order valence-electron chi connectivity index (χ3n) is 3.73. The zero-order chi connectivity index (χ0) is 18.6. The molecule has 25 heavy (non-hydrogen) atoms. The molecule has 4 nitrogen and oxygen atoms in total. The van der Waals surface area contributed by atoms with E-state index in [0.29, 0.717) is 6.42 Å². The maximum atomic E-state index is 11.4. The van der Waals surface area contributed by atoms with Gasteiger partial charge in [0.05, 0.1) is 6.61 Å². The Bertz CT molecular complexity index is 385. The molecule has 0 aromatic carbocycles. The summed E-state index contributed by atoms with van der Waals surface area (Å²) in [6.07, 6.45) is 22.2. The van der Waals surface area contributed by atoms with Crippen molar-refractivity contribution in [1.82, 2.24) is 0 Å². The van der Waals surface area contributed by atoms with Gasteiger partial charge in [-0.05, 0) is 32.1 Å². The Balaban J connectivity index is 3.41. The van der Waals surface area contributed by atoms with Crippen LogP contribution in [-0.4, -0.2) is 35.5 Å². The number of carbonyl (C=O) groups is 1. The van der Waals surface area contributed by atoms with Gasteiger partial charge in [0.2, 0.25) is 0 Å². The van der Waals surface area contributed by atoms with Crippen LogP contribution < -0.4 is 0 Å². The van der Waals surface area contributed by atoms with Crippen LogP contribution in [0.1, 0.15) is 71.1 Å². The molecule has 0 aromatic heterocycles. The zero-order valence-corrected chi connectivity index (χ0v) is 15.7. The highest BCUT2D eigenvalue weighted by atomic mass is 16.5. The lowest BCUT2D eigenvalue weighted by atomic mass is 10.1. The van der Waals surface area contributed by atoms with Gasteiger partial charge in [-0.25, -0.2) is 0 Å². The van der Waals surface area contributed by atoms with Crippen LogP contribution in [0, 0.1) is 0 Å². The van der Waals surface area contributed by atoms with Gasteiger partial charge in [-0.2, -0.15) is 0 Å². The highest BCUT2D eigenvalue weighted by molar-refractivity contribution is 5.69. The van der Waals surface area contributed by atoms with E-state index in [4.69, 9.17) is 14.9 Å². The normalized spacial score (nSPS) is 13.2. The van der Waals surface area contributed by atoms with Gasteiger partial charge in [0, 0.05) is 6.42 Å². The summed E-state index contributed by atoms with van der Waals surface area (Å²) in [5, 5.41) is 17.7. The molecule has 0 saturated heterocycles. The second-order valence-electron chi connectivity index (χ2n) is 6.21. The molecule has 0 heterocycles. The summed E-state index contributed by atoms with van der Waals surface area (Å²) in [5.74, 6) is -0.305. The SMILES string of the molecule is CCCCC\C=C/C=C/C=C/CCCCCCC(=O)OCC(O)CO. The maximum Gasteiger partial charge on any atom is 0.305 e. The first-order valence-electron chi connectivity index (χ1n) is 9.63. The predicted octanol–water partition coefficient (Wildman–Crippen LogP) is 4.47. The van der Waals surface area contributed by atoms with Crippen molar-refractivity contribution in [3.8, 4) is 0 Å². The summed E-state index contributed by atoms with van der Waals surface area (Å²) in [7, 11) is 0.